The number of hydrogen-bond donors (Lipinski definition) is 0. The number of benzene rings is 1. The fraction of sp³-hybridized carbons (Fsp3) is 0.455. The van der Waals surface area contributed by atoms with Crippen LogP contribution in [0, 0.1) is 6.07 Å². The third-order valence-corrected chi connectivity index (χ3v) is 6.01. The SMILES string of the molecule is [O-][S+](c1cc(Br)[c]c(Br)c1CC(Br)(Br)Br)C(F)(F)C(F)(F)C(F)(F)F. The van der Waals surface area contributed by atoms with E-state index in [4.69, 9.17) is 0 Å². The lowest BCUT2D eigenvalue weighted by Crippen LogP contribution is -2.56. The summed E-state index contributed by atoms with van der Waals surface area (Å²) in [6.45, 7) is 0. The highest BCUT2D eigenvalue weighted by Crippen LogP contribution is 2.52. The van der Waals surface area contributed by atoms with E-state index in [9.17, 15) is 35.3 Å². The summed E-state index contributed by atoms with van der Waals surface area (Å²) >= 11 is 10.9. The summed E-state index contributed by atoms with van der Waals surface area (Å²) in [6, 6.07) is 3.30. The van der Waals surface area contributed by atoms with Crippen LogP contribution in [-0.2, 0) is 17.6 Å². The molecule has 1 rings (SSSR count). The second kappa shape index (κ2) is 8.05. The standard InChI is InChI=1S/C11H3Br5F7OS/c12-4-1-6(13)5(3-8(14,15)16)7(2-4)25(24)11(22,23)9(17,18)10(19,20)21/h2H,3H2. The quantitative estimate of drug-likeness (QED) is 0.183. The summed E-state index contributed by atoms with van der Waals surface area (Å²) in [7, 11) is 0. The van der Waals surface area contributed by atoms with Crippen molar-refractivity contribution in [1.29, 1.82) is 0 Å². The first-order chi connectivity index (χ1) is 10.9. The van der Waals surface area contributed by atoms with Crippen LogP contribution < -0.4 is 0 Å². The lowest BCUT2D eigenvalue weighted by Gasteiger charge is -2.29. The lowest BCUT2D eigenvalue weighted by atomic mass is 10.2. The summed E-state index contributed by atoms with van der Waals surface area (Å²) in [5.41, 5.74) is -0.218. The minimum atomic E-state index is -6.58. The van der Waals surface area contributed by atoms with Crippen LogP contribution in [0.3, 0.4) is 0 Å². The van der Waals surface area contributed by atoms with Gasteiger partial charge in [0.2, 0.25) is 0 Å². The maximum absolute atomic E-state index is 13.8. The smallest absolute Gasteiger partial charge is 0.486 e. The first-order valence-corrected chi connectivity index (χ1v) is 10.7. The zero-order valence-corrected chi connectivity index (χ0v) is 19.9. The summed E-state index contributed by atoms with van der Waals surface area (Å²) in [5.74, 6) is -6.49. The monoisotopic (exact) mass is 711 g/mol. The topological polar surface area (TPSA) is 23.1 Å². The minimum absolute atomic E-state index is 0.0425. The number of hydrogen-bond acceptors (Lipinski definition) is 1. The van der Waals surface area contributed by atoms with Crippen molar-refractivity contribution in [2.24, 2.45) is 0 Å². The molecule has 0 aliphatic heterocycles. The molecule has 0 heterocycles. The van der Waals surface area contributed by atoms with E-state index >= 15 is 0 Å². The van der Waals surface area contributed by atoms with E-state index in [1.54, 1.807) is 0 Å². The molecule has 1 aromatic carbocycles. The number of alkyl halides is 10. The van der Waals surface area contributed by atoms with Gasteiger partial charge < -0.3 is 4.55 Å². The van der Waals surface area contributed by atoms with Crippen LogP contribution in [0.5, 0.6) is 0 Å². The molecule has 1 unspecified atom stereocenters. The van der Waals surface area contributed by atoms with E-state index in [2.05, 4.69) is 85.7 Å². The molecular weight excluding hydrogens is 713 g/mol. The third-order valence-electron chi connectivity index (χ3n) is 2.58. The zero-order chi connectivity index (χ0) is 20.0. The second-order valence-electron chi connectivity index (χ2n) is 4.42. The molecule has 0 spiro atoms. The fourth-order valence-electron chi connectivity index (χ4n) is 1.48. The fourth-order valence-corrected chi connectivity index (χ4v) is 5.11. The van der Waals surface area contributed by atoms with E-state index in [0.29, 0.717) is 0 Å². The molecule has 1 aromatic rings. The first kappa shape index (κ1) is 24.5. The van der Waals surface area contributed by atoms with Crippen molar-refractivity contribution in [3.63, 3.8) is 0 Å². The highest BCUT2D eigenvalue weighted by atomic mass is 80.0. The Balaban J connectivity index is 3.54. The average Bonchev–Trinajstić information content (AvgIpc) is 2.37. The molecule has 0 amide bonds. The van der Waals surface area contributed by atoms with E-state index < -0.39 is 35.6 Å². The van der Waals surface area contributed by atoms with Gasteiger partial charge in [0.25, 0.3) is 0 Å². The van der Waals surface area contributed by atoms with Crippen LogP contribution in [-0.4, -0.2) is 24.0 Å². The molecule has 1 nitrogen and oxygen atoms in total. The molecule has 14 heteroatoms. The molecule has 0 bridgehead atoms. The molecule has 0 aliphatic carbocycles. The maximum Gasteiger partial charge on any atom is 0.486 e. The van der Waals surface area contributed by atoms with Crippen LogP contribution in [0.1, 0.15) is 5.56 Å². The van der Waals surface area contributed by atoms with Crippen LogP contribution in [0.2, 0.25) is 0 Å². The van der Waals surface area contributed by atoms with Crippen molar-refractivity contribution in [2.45, 2.75) is 30.8 Å². The van der Waals surface area contributed by atoms with Gasteiger partial charge in [-0.15, -0.1) is 8.78 Å². The van der Waals surface area contributed by atoms with Gasteiger partial charge in [-0.25, -0.2) is 0 Å². The highest BCUT2D eigenvalue weighted by Gasteiger charge is 2.80. The Morgan fingerprint density at radius 3 is 1.88 bits per heavy atom. The van der Waals surface area contributed by atoms with Crippen molar-refractivity contribution in [1.82, 2.24) is 0 Å². The van der Waals surface area contributed by atoms with E-state index in [1.165, 1.54) is 0 Å². The van der Waals surface area contributed by atoms with Gasteiger partial charge in [0.05, 0.1) is 11.2 Å². The maximum atomic E-state index is 13.8. The summed E-state index contributed by atoms with van der Waals surface area (Å²) in [4.78, 5) is -0.908. The molecule has 0 saturated heterocycles. The highest BCUT2D eigenvalue weighted by molar-refractivity contribution is 9.39. The van der Waals surface area contributed by atoms with Gasteiger partial charge in [0.15, 0.2) is 4.90 Å². The Labute approximate surface area is 182 Å². The van der Waals surface area contributed by atoms with E-state index in [-0.39, 0.29) is 20.9 Å². The Morgan fingerprint density at radius 2 is 1.48 bits per heavy atom. The van der Waals surface area contributed by atoms with Gasteiger partial charge >= 0.3 is 17.4 Å². The Morgan fingerprint density at radius 1 is 1.00 bits per heavy atom. The van der Waals surface area contributed by atoms with Gasteiger partial charge in [-0.3, -0.25) is 0 Å². The van der Waals surface area contributed by atoms with Crippen molar-refractivity contribution >= 4 is 90.8 Å². The largest absolute Gasteiger partial charge is 0.607 e. The molecule has 1 radical (unpaired) electrons. The predicted octanol–water partition coefficient (Wildman–Crippen LogP) is 7.29. The lowest BCUT2D eigenvalue weighted by molar-refractivity contribution is -0.332. The molecule has 0 saturated carbocycles. The Bertz CT molecular complexity index is 647. The van der Waals surface area contributed by atoms with Crippen LogP contribution in [0.4, 0.5) is 30.7 Å². The molecular formula is C11H3Br5F7OS. The predicted molar refractivity (Wildman–Crippen MR) is 96.3 cm³/mol. The van der Waals surface area contributed by atoms with Gasteiger partial charge in [0.1, 0.15) is 2.14 Å². The van der Waals surface area contributed by atoms with Crippen molar-refractivity contribution in [3.8, 4) is 0 Å². The van der Waals surface area contributed by atoms with Gasteiger partial charge in [-0.1, -0.05) is 47.8 Å². The molecule has 25 heavy (non-hydrogen) atoms. The molecule has 0 aromatic heterocycles. The van der Waals surface area contributed by atoms with Crippen molar-refractivity contribution < 1.29 is 35.3 Å². The van der Waals surface area contributed by atoms with Gasteiger partial charge in [-0.2, -0.15) is 22.0 Å². The minimum Gasteiger partial charge on any atom is -0.607 e. The third kappa shape index (κ3) is 5.49. The molecule has 143 valence electrons. The van der Waals surface area contributed by atoms with E-state index in [1.807, 2.05) is 0 Å². The molecule has 0 N–H and O–H groups in total. The summed E-state index contributed by atoms with van der Waals surface area (Å²) in [5, 5.41) is -5.90. The summed E-state index contributed by atoms with van der Waals surface area (Å²) < 4.78 is 102. The van der Waals surface area contributed by atoms with Crippen LogP contribution in [0.25, 0.3) is 0 Å². The van der Waals surface area contributed by atoms with Gasteiger partial charge in [-0.05, 0) is 31.9 Å². The molecule has 0 fully saturated rings. The van der Waals surface area contributed by atoms with Crippen molar-refractivity contribution in [3.05, 3.63) is 26.6 Å². The second-order valence-corrected chi connectivity index (χ2v) is 14.8. The zero-order valence-electron chi connectivity index (χ0n) is 11.1. The van der Waals surface area contributed by atoms with Crippen molar-refractivity contribution in [2.75, 3.05) is 0 Å². The Kier molecular flexibility index (Phi) is 7.88. The van der Waals surface area contributed by atoms with Crippen LogP contribution in [0.15, 0.2) is 19.9 Å². The van der Waals surface area contributed by atoms with Crippen LogP contribution >= 0.6 is 79.6 Å². The molecule has 0 aliphatic rings. The molecule has 1 atom stereocenters. The van der Waals surface area contributed by atoms with Gasteiger partial charge in [0, 0.05) is 33.1 Å². The average molecular weight is 716 g/mol. The Hall–Kier alpha value is 1.44. The number of halogens is 12. The summed E-state index contributed by atoms with van der Waals surface area (Å²) in [6.07, 6.45) is -6.84. The van der Waals surface area contributed by atoms with E-state index in [0.717, 1.165) is 6.07 Å². The normalized spacial score (nSPS) is 15.4. The number of rotatable bonds is 4. The first-order valence-electron chi connectivity index (χ1n) is 5.63.